The van der Waals surface area contributed by atoms with Crippen molar-refractivity contribution in [3.63, 3.8) is 0 Å². The van der Waals surface area contributed by atoms with Crippen LogP contribution in [0.25, 0.3) is 0 Å². The average molecular weight is 356 g/mol. The SMILES string of the molecule is CNS(=O)(=O)c1cccc(CC(=O)Cc2ccc(F)c(Cl)c2)c1. The molecule has 122 valence electrons. The van der Waals surface area contributed by atoms with Gasteiger partial charge in [-0.25, -0.2) is 17.5 Å². The molecule has 0 aliphatic rings. The van der Waals surface area contributed by atoms with Gasteiger partial charge in [-0.15, -0.1) is 0 Å². The molecule has 0 atom stereocenters. The molecule has 4 nitrogen and oxygen atoms in total. The lowest BCUT2D eigenvalue weighted by Crippen LogP contribution is -2.18. The molecule has 0 fully saturated rings. The lowest BCUT2D eigenvalue weighted by Gasteiger charge is -2.06. The standard InChI is InChI=1S/C16H15ClFNO3S/c1-19-23(21,22)14-4-2-3-11(9-14)7-13(20)8-12-5-6-16(18)15(17)10-12/h2-6,9-10,19H,7-8H2,1H3. The largest absolute Gasteiger partial charge is 0.299 e. The van der Waals surface area contributed by atoms with E-state index in [2.05, 4.69) is 4.72 Å². The molecule has 0 aliphatic heterocycles. The van der Waals surface area contributed by atoms with Gasteiger partial charge in [-0.1, -0.05) is 29.8 Å². The van der Waals surface area contributed by atoms with Crippen molar-refractivity contribution in [3.8, 4) is 0 Å². The molecular weight excluding hydrogens is 341 g/mol. The maximum absolute atomic E-state index is 13.1. The number of nitrogens with one attached hydrogen (secondary N) is 1. The highest BCUT2D eigenvalue weighted by Crippen LogP contribution is 2.17. The van der Waals surface area contributed by atoms with Crippen molar-refractivity contribution in [2.45, 2.75) is 17.7 Å². The van der Waals surface area contributed by atoms with Crippen molar-refractivity contribution in [3.05, 3.63) is 64.4 Å². The fourth-order valence-corrected chi connectivity index (χ4v) is 3.11. The van der Waals surface area contributed by atoms with Crippen molar-refractivity contribution < 1.29 is 17.6 Å². The molecule has 0 saturated carbocycles. The van der Waals surface area contributed by atoms with Gasteiger partial charge in [0.05, 0.1) is 9.92 Å². The molecule has 23 heavy (non-hydrogen) atoms. The minimum absolute atomic E-state index is 0.0302. The first-order valence-corrected chi connectivity index (χ1v) is 8.66. The predicted octanol–water partition coefficient (Wildman–Crippen LogP) is 2.74. The molecule has 0 radical (unpaired) electrons. The molecule has 2 rings (SSSR count). The number of benzene rings is 2. The van der Waals surface area contributed by atoms with E-state index in [1.807, 2.05) is 0 Å². The van der Waals surface area contributed by atoms with E-state index >= 15 is 0 Å². The summed E-state index contributed by atoms with van der Waals surface area (Å²) in [5.74, 6) is -0.653. The molecular formula is C16H15ClFNO3S. The fraction of sp³-hybridized carbons (Fsp3) is 0.188. The molecule has 0 unspecified atom stereocenters. The van der Waals surface area contributed by atoms with Gasteiger partial charge in [-0.3, -0.25) is 4.79 Å². The molecule has 2 aromatic carbocycles. The normalized spacial score (nSPS) is 11.4. The van der Waals surface area contributed by atoms with Crippen LogP contribution in [-0.4, -0.2) is 21.2 Å². The van der Waals surface area contributed by atoms with Gasteiger partial charge in [0.1, 0.15) is 11.6 Å². The second kappa shape index (κ2) is 7.21. The zero-order valence-electron chi connectivity index (χ0n) is 12.3. The molecule has 0 saturated heterocycles. The van der Waals surface area contributed by atoms with Crippen LogP contribution in [0, 0.1) is 5.82 Å². The van der Waals surface area contributed by atoms with Gasteiger partial charge < -0.3 is 0 Å². The summed E-state index contributed by atoms with van der Waals surface area (Å²) in [7, 11) is -2.22. The number of Topliss-reactive ketones (excluding diaryl/α,β-unsaturated/α-hetero) is 1. The highest BCUT2D eigenvalue weighted by molar-refractivity contribution is 7.89. The number of ketones is 1. The second-order valence-corrected chi connectivity index (χ2v) is 7.29. The van der Waals surface area contributed by atoms with Crippen LogP contribution in [0.1, 0.15) is 11.1 Å². The molecule has 0 spiro atoms. The number of sulfonamides is 1. The van der Waals surface area contributed by atoms with Crippen LogP contribution < -0.4 is 4.72 Å². The summed E-state index contributed by atoms with van der Waals surface area (Å²) < 4.78 is 38.8. The minimum Gasteiger partial charge on any atom is -0.299 e. The highest BCUT2D eigenvalue weighted by atomic mass is 35.5. The van der Waals surface area contributed by atoms with E-state index in [9.17, 15) is 17.6 Å². The number of halogens is 2. The minimum atomic E-state index is -3.55. The number of hydrogen-bond acceptors (Lipinski definition) is 3. The first kappa shape index (κ1) is 17.6. The topological polar surface area (TPSA) is 63.2 Å². The van der Waals surface area contributed by atoms with E-state index in [-0.39, 0.29) is 28.5 Å². The zero-order valence-corrected chi connectivity index (χ0v) is 13.9. The Morgan fingerprint density at radius 2 is 1.78 bits per heavy atom. The summed E-state index contributed by atoms with van der Waals surface area (Å²) in [6.45, 7) is 0. The van der Waals surface area contributed by atoms with E-state index in [1.165, 1.54) is 37.4 Å². The maximum Gasteiger partial charge on any atom is 0.240 e. The van der Waals surface area contributed by atoms with Crippen LogP contribution in [-0.2, 0) is 27.7 Å². The quantitative estimate of drug-likeness (QED) is 0.866. The van der Waals surface area contributed by atoms with E-state index in [0.717, 1.165) is 0 Å². The molecule has 0 amide bonds. The summed E-state index contributed by atoms with van der Waals surface area (Å²) in [6.07, 6.45) is 0.186. The van der Waals surface area contributed by atoms with Gasteiger partial charge in [0.25, 0.3) is 0 Å². The monoisotopic (exact) mass is 355 g/mol. The third-order valence-corrected chi connectivity index (χ3v) is 4.97. The average Bonchev–Trinajstić information content (AvgIpc) is 2.51. The van der Waals surface area contributed by atoms with Crippen molar-refractivity contribution in [2.75, 3.05) is 7.05 Å². The Bertz CT molecular complexity index is 837. The van der Waals surface area contributed by atoms with E-state index < -0.39 is 15.8 Å². The highest BCUT2D eigenvalue weighted by Gasteiger charge is 2.13. The van der Waals surface area contributed by atoms with E-state index in [1.54, 1.807) is 12.1 Å². The smallest absolute Gasteiger partial charge is 0.240 e. The second-order valence-electron chi connectivity index (χ2n) is 5.00. The number of carbonyl (C=O) groups is 1. The summed E-state index contributed by atoms with van der Waals surface area (Å²) in [5, 5.41) is -0.0302. The third kappa shape index (κ3) is 4.60. The van der Waals surface area contributed by atoms with Gasteiger partial charge >= 0.3 is 0 Å². The molecule has 7 heteroatoms. The van der Waals surface area contributed by atoms with Crippen LogP contribution in [0.2, 0.25) is 5.02 Å². The van der Waals surface area contributed by atoms with Crippen LogP contribution >= 0.6 is 11.6 Å². The van der Waals surface area contributed by atoms with Crippen LogP contribution in [0.15, 0.2) is 47.4 Å². The van der Waals surface area contributed by atoms with Crippen LogP contribution in [0.5, 0.6) is 0 Å². The summed E-state index contributed by atoms with van der Waals surface area (Å²) in [4.78, 5) is 12.2. The molecule has 0 aromatic heterocycles. The fourth-order valence-electron chi connectivity index (χ4n) is 2.11. The van der Waals surface area contributed by atoms with Crippen molar-refractivity contribution in [2.24, 2.45) is 0 Å². The van der Waals surface area contributed by atoms with E-state index in [0.29, 0.717) is 11.1 Å². The summed E-state index contributed by atoms with van der Waals surface area (Å²) >= 11 is 5.68. The molecule has 0 aliphatic carbocycles. The number of rotatable bonds is 6. The van der Waals surface area contributed by atoms with Crippen LogP contribution in [0.4, 0.5) is 4.39 Å². The van der Waals surface area contributed by atoms with E-state index in [4.69, 9.17) is 11.6 Å². The Hall–Kier alpha value is -1.76. The third-order valence-electron chi connectivity index (χ3n) is 3.26. The molecule has 0 bridgehead atoms. The van der Waals surface area contributed by atoms with Gasteiger partial charge in [0.15, 0.2) is 0 Å². The summed E-state index contributed by atoms with van der Waals surface area (Å²) in [5.41, 5.74) is 1.21. The van der Waals surface area contributed by atoms with Crippen molar-refractivity contribution in [1.29, 1.82) is 0 Å². The Balaban J connectivity index is 2.11. The van der Waals surface area contributed by atoms with Crippen molar-refractivity contribution >= 4 is 27.4 Å². The number of carbonyl (C=O) groups excluding carboxylic acids is 1. The Kier molecular flexibility index (Phi) is 5.51. The van der Waals surface area contributed by atoms with Gasteiger partial charge in [0, 0.05) is 12.8 Å². The lowest BCUT2D eigenvalue weighted by molar-refractivity contribution is -0.117. The first-order chi connectivity index (χ1) is 10.8. The predicted molar refractivity (Wildman–Crippen MR) is 86.5 cm³/mol. The molecule has 0 heterocycles. The number of hydrogen-bond donors (Lipinski definition) is 1. The van der Waals surface area contributed by atoms with Crippen molar-refractivity contribution in [1.82, 2.24) is 4.72 Å². The first-order valence-electron chi connectivity index (χ1n) is 6.80. The Morgan fingerprint density at radius 1 is 1.13 bits per heavy atom. The zero-order chi connectivity index (χ0) is 17.0. The van der Waals surface area contributed by atoms with Crippen LogP contribution in [0.3, 0.4) is 0 Å². The Morgan fingerprint density at radius 3 is 2.39 bits per heavy atom. The molecule has 2 aromatic rings. The summed E-state index contributed by atoms with van der Waals surface area (Å²) in [6, 6.07) is 10.3. The van der Waals surface area contributed by atoms with Gasteiger partial charge in [-0.2, -0.15) is 0 Å². The Labute approximate surface area is 139 Å². The van der Waals surface area contributed by atoms with Gasteiger partial charge in [0.2, 0.25) is 10.0 Å². The maximum atomic E-state index is 13.1. The van der Waals surface area contributed by atoms with Gasteiger partial charge in [-0.05, 0) is 42.4 Å². The molecule has 1 N–H and O–H groups in total. The lowest BCUT2D eigenvalue weighted by atomic mass is 10.0.